The maximum Gasteiger partial charge on any atom is 0.298 e. The van der Waals surface area contributed by atoms with Crippen LogP contribution < -0.4 is 10.1 Å². The van der Waals surface area contributed by atoms with Crippen molar-refractivity contribution in [3.63, 3.8) is 0 Å². The Morgan fingerprint density at radius 2 is 1.90 bits per heavy atom. The van der Waals surface area contributed by atoms with Gasteiger partial charge in [-0.25, -0.2) is 0 Å². The number of methoxy groups -OCH3 is 1. The summed E-state index contributed by atoms with van der Waals surface area (Å²) < 4.78 is 12.1. The van der Waals surface area contributed by atoms with Crippen molar-refractivity contribution in [2.75, 3.05) is 12.4 Å². The molecular formula is C22H19N3O4. The van der Waals surface area contributed by atoms with Gasteiger partial charge in [0.1, 0.15) is 11.5 Å². The molecule has 2 aromatic carbocycles. The number of nitrogens with one attached hydrogen (secondary N) is 1. The van der Waals surface area contributed by atoms with E-state index in [1.165, 1.54) is 0 Å². The number of para-hydroxylation sites is 1. The van der Waals surface area contributed by atoms with Gasteiger partial charge in [-0.1, -0.05) is 35.5 Å². The number of ketones is 1. The molecular weight excluding hydrogens is 370 g/mol. The molecule has 0 fully saturated rings. The minimum Gasteiger partial charge on any atom is -0.497 e. The number of rotatable bonds is 6. The van der Waals surface area contributed by atoms with Crippen LogP contribution in [0.4, 0.5) is 5.82 Å². The minimum absolute atomic E-state index is 0.211. The number of carbonyl (C=O) groups is 2. The number of hydrogen-bond acceptors (Lipinski definition) is 5. The molecule has 0 radical (unpaired) electrons. The summed E-state index contributed by atoms with van der Waals surface area (Å²) in [6.07, 6.45) is 1.71. The minimum atomic E-state index is -0.759. The van der Waals surface area contributed by atoms with Crippen LogP contribution in [-0.2, 0) is 11.3 Å². The van der Waals surface area contributed by atoms with Crippen molar-refractivity contribution in [2.45, 2.75) is 13.5 Å². The smallest absolute Gasteiger partial charge is 0.298 e. The highest BCUT2D eigenvalue weighted by molar-refractivity contribution is 6.48. The number of ether oxygens (including phenoxy) is 1. The van der Waals surface area contributed by atoms with E-state index in [0.717, 1.165) is 22.2 Å². The molecule has 4 aromatic rings. The van der Waals surface area contributed by atoms with Gasteiger partial charge in [0, 0.05) is 29.7 Å². The Kier molecular flexibility index (Phi) is 4.87. The second-order valence-electron chi connectivity index (χ2n) is 6.64. The topological polar surface area (TPSA) is 86.4 Å². The Morgan fingerprint density at radius 3 is 2.59 bits per heavy atom. The standard InChI is InChI=1S/C22H19N3O4/c1-14-11-20(24-29-14)23-22(27)21(26)18-13-25(19-6-4-3-5-17(18)19)12-15-7-9-16(28-2)10-8-15/h3-11,13H,12H2,1-2H3,(H,23,24,27). The molecule has 2 heterocycles. The predicted octanol–water partition coefficient (Wildman–Crippen LogP) is 3.82. The number of aromatic nitrogens is 2. The average Bonchev–Trinajstić information content (AvgIpc) is 3.31. The zero-order valence-electron chi connectivity index (χ0n) is 16.0. The van der Waals surface area contributed by atoms with E-state index < -0.39 is 11.7 Å². The monoisotopic (exact) mass is 389 g/mol. The molecule has 7 heteroatoms. The van der Waals surface area contributed by atoms with Crippen molar-refractivity contribution in [1.29, 1.82) is 0 Å². The third-order valence-electron chi connectivity index (χ3n) is 4.62. The molecule has 1 N–H and O–H groups in total. The van der Waals surface area contributed by atoms with Crippen LogP contribution in [0.3, 0.4) is 0 Å². The highest BCUT2D eigenvalue weighted by Crippen LogP contribution is 2.24. The fourth-order valence-corrected chi connectivity index (χ4v) is 3.21. The summed E-state index contributed by atoms with van der Waals surface area (Å²) in [6, 6.07) is 16.8. The van der Waals surface area contributed by atoms with Gasteiger partial charge in [-0.2, -0.15) is 0 Å². The predicted molar refractivity (Wildman–Crippen MR) is 108 cm³/mol. The SMILES string of the molecule is COc1ccc(Cn2cc(C(=O)C(=O)Nc3cc(C)on3)c3ccccc32)cc1. The van der Waals surface area contributed by atoms with Crippen molar-refractivity contribution < 1.29 is 18.8 Å². The molecule has 0 aliphatic rings. The van der Waals surface area contributed by atoms with Crippen LogP contribution in [0.2, 0.25) is 0 Å². The van der Waals surface area contributed by atoms with Crippen LogP contribution in [0.5, 0.6) is 5.75 Å². The van der Waals surface area contributed by atoms with Crippen LogP contribution in [-0.4, -0.2) is 28.5 Å². The largest absolute Gasteiger partial charge is 0.497 e. The number of hydrogen-bond donors (Lipinski definition) is 1. The van der Waals surface area contributed by atoms with E-state index in [4.69, 9.17) is 9.26 Å². The lowest BCUT2D eigenvalue weighted by molar-refractivity contribution is -0.112. The van der Waals surface area contributed by atoms with Gasteiger partial charge in [-0.05, 0) is 30.7 Å². The average molecular weight is 389 g/mol. The second-order valence-corrected chi connectivity index (χ2v) is 6.64. The van der Waals surface area contributed by atoms with E-state index in [1.807, 2.05) is 53.1 Å². The first kappa shape index (κ1) is 18.5. The normalized spacial score (nSPS) is 10.8. The summed E-state index contributed by atoms with van der Waals surface area (Å²) in [6.45, 7) is 2.26. The maximum atomic E-state index is 12.8. The lowest BCUT2D eigenvalue weighted by Gasteiger charge is -2.06. The van der Waals surface area contributed by atoms with E-state index in [9.17, 15) is 9.59 Å². The first-order chi connectivity index (χ1) is 14.0. The highest BCUT2D eigenvalue weighted by Gasteiger charge is 2.22. The third kappa shape index (κ3) is 3.75. The quantitative estimate of drug-likeness (QED) is 0.400. The molecule has 29 heavy (non-hydrogen) atoms. The van der Waals surface area contributed by atoms with Gasteiger partial charge in [0.25, 0.3) is 11.7 Å². The lowest BCUT2D eigenvalue weighted by Crippen LogP contribution is -2.22. The van der Waals surface area contributed by atoms with Crippen LogP contribution in [0.1, 0.15) is 21.7 Å². The number of fused-ring (bicyclic) bond motifs is 1. The molecule has 146 valence electrons. The molecule has 4 rings (SSSR count). The Hall–Kier alpha value is -3.87. The Bertz CT molecular complexity index is 1190. The van der Waals surface area contributed by atoms with Gasteiger partial charge in [-0.15, -0.1) is 0 Å². The summed E-state index contributed by atoms with van der Waals surface area (Å²) in [5.41, 5.74) is 2.26. The van der Waals surface area contributed by atoms with Crippen molar-refractivity contribution in [3.05, 3.63) is 77.7 Å². The fourth-order valence-electron chi connectivity index (χ4n) is 3.21. The first-order valence-electron chi connectivity index (χ1n) is 9.05. The van der Waals surface area contributed by atoms with Gasteiger partial charge in [0.05, 0.1) is 12.7 Å². The molecule has 0 bridgehead atoms. The number of aryl methyl sites for hydroxylation is 1. The maximum absolute atomic E-state index is 12.8. The Balaban J connectivity index is 1.64. The zero-order valence-corrected chi connectivity index (χ0v) is 16.0. The van der Waals surface area contributed by atoms with E-state index in [1.54, 1.807) is 26.3 Å². The van der Waals surface area contributed by atoms with E-state index in [2.05, 4.69) is 10.5 Å². The molecule has 0 aliphatic heterocycles. The van der Waals surface area contributed by atoms with Crippen molar-refractivity contribution >= 4 is 28.4 Å². The molecule has 0 unspecified atom stereocenters. The van der Waals surface area contributed by atoms with Crippen molar-refractivity contribution in [1.82, 2.24) is 9.72 Å². The van der Waals surface area contributed by atoms with Crippen molar-refractivity contribution in [2.24, 2.45) is 0 Å². The first-order valence-corrected chi connectivity index (χ1v) is 9.05. The number of nitrogens with zero attached hydrogens (tertiary/aromatic N) is 2. The molecule has 7 nitrogen and oxygen atoms in total. The lowest BCUT2D eigenvalue weighted by atomic mass is 10.1. The summed E-state index contributed by atoms with van der Waals surface area (Å²) in [5.74, 6) is 0.148. The molecule has 0 spiro atoms. The molecule has 0 saturated carbocycles. The van der Waals surface area contributed by atoms with Crippen LogP contribution in [0.25, 0.3) is 10.9 Å². The number of Topliss-reactive ketones (excluding diaryl/α,β-unsaturated/α-hetero) is 1. The number of benzene rings is 2. The second kappa shape index (κ2) is 7.63. The summed E-state index contributed by atoms with van der Waals surface area (Å²) in [4.78, 5) is 25.3. The van der Waals surface area contributed by atoms with E-state index >= 15 is 0 Å². The molecule has 0 atom stereocenters. The number of amides is 1. The van der Waals surface area contributed by atoms with Gasteiger partial charge in [0.15, 0.2) is 5.82 Å². The van der Waals surface area contributed by atoms with E-state index in [0.29, 0.717) is 17.9 Å². The fraction of sp³-hybridized carbons (Fsp3) is 0.136. The molecule has 0 aliphatic carbocycles. The summed E-state index contributed by atoms with van der Waals surface area (Å²) in [7, 11) is 1.62. The van der Waals surface area contributed by atoms with Gasteiger partial charge in [0.2, 0.25) is 0 Å². The Morgan fingerprint density at radius 1 is 1.14 bits per heavy atom. The number of carbonyl (C=O) groups excluding carboxylic acids is 2. The molecule has 1 amide bonds. The highest BCUT2D eigenvalue weighted by atomic mass is 16.5. The number of anilines is 1. The van der Waals surface area contributed by atoms with E-state index in [-0.39, 0.29) is 5.82 Å². The summed E-state index contributed by atoms with van der Waals surface area (Å²) >= 11 is 0. The summed E-state index contributed by atoms with van der Waals surface area (Å²) in [5, 5.41) is 6.90. The molecule has 2 aromatic heterocycles. The van der Waals surface area contributed by atoms with Crippen LogP contribution in [0, 0.1) is 6.92 Å². The van der Waals surface area contributed by atoms with Crippen LogP contribution >= 0.6 is 0 Å². The van der Waals surface area contributed by atoms with Gasteiger partial charge >= 0.3 is 0 Å². The zero-order chi connectivity index (χ0) is 20.4. The molecule has 0 saturated heterocycles. The van der Waals surface area contributed by atoms with Gasteiger partial charge < -0.3 is 19.1 Å². The van der Waals surface area contributed by atoms with Gasteiger partial charge in [-0.3, -0.25) is 9.59 Å². The Labute approximate surface area is 166 Å². The van der Waals surface area contributed by atoms with Crippen LogP contribution in [0.15, 0.2) is 65.3 Å². The third-order valence-corrected chi connectivity index (χ3v) is 4.62. The van der Waals surface area contributed by atoms with Crippen molar-refractivity contribution in [3.8, 4) is 5.75 Å².